The number of hydrogen-bond acceptors (Lipinski definition) is 6. The van der Waals surface area contributed by atoms with Crippen molar-refractivity contribution < 1.29 is 18.8 Å². The molecule has 0 saturated heterocycles. The third kappa shape index (κ3) is 4.93. The number of hydrogen-bond donors (Lipinski definition) is 1. The lowest BCUT2D eigenvalue weighted by Gasteiger charge is -2.12. The average Bonchev–Trinajstić information content (AvgIpc) is 3.05. The number of amides is 1. The smallest absolute Gasteiger partial charge is 0.311 e. The molecule has 0 aliphatic rings. The molecular formula is C18H26N4O4. The van der Waals surface area contributed by atoms with Gasteiger partial charge in [-0.15, -0.1) is 0 Å². The molecule has 0 saturated carbocycles. The fourth-order valence-corrected chi connectivity index (χ4v) is 2.60. The lowest BCUT2D eigenvalue weighted by atomic mass is 10.1. The Kier molecular flexibility index (Phi) is 6.18. The summed E-state index contributed by atoms with van der Waals surface area (Å²) in [5.41, 5.74) is 2.59. The van der Waals surface area contributed by atoms with Crippen LogP contribution in [0, 0.1) is 26.7 Å². The second kappa shape index (κ2) is 8.16. The molecule has 0 fully saturated rings. The van der Waals surface area contributed by atoms with Gasteiger partial charge in [-0.2, -0.15) is 5.10 Å². The molecular weight excluding hydrogens is 336 g/mol. The first kappa shape index (κ1) is 19.7. The van der Waals surface area contributed by atoms with Crippen LogP contribution >= 0.6 is 0 Å². The summed E-state index contributed by atoms with van der Waals surface area (Å²) in [5, 5.41) is 10.7. The zero-order valence-electron chi connectivity index (χ0n) is 16.1. The van der Waals surface area contributed by atoms with E-state index in [0.29, 0.717) is 11.7 Å². The van der Waals surface area contributed by atoms with Gasteiger partial charge < -0.3 is 14.6 Å². The largest absolute Gasteiger partial charge is 0.452 e. The minimum Gasteiger partial charge on any atom is -0.452 e. The van der Waals surface area contributed by atoms with E-state index in [1.807, 2.05) is 18.5 Å². The van der Waals surface area contributed by atoms with Gasteiger partial charge >= 0.3 is 5.97 Å². The number of ether oxygens (including phenoxy) is 1. The topological polar surface area (TPSA) is 99.2 Å². The third-order valence-electron chi connectivity index (χ3n) is 3.95. The Hall–Kier alpha value is -2.64. The molecule has 1 N–H and O–H groups in total. The summed E-state index contributed by atoms with van der Waals surface area (Å²) in [4.78, 5) is 24.3. The van der Waals surface area contributed by atoms with E-state index in [9.17, 15) is 9.59 Å². The fraction of sp³-hybridized carbons (Fsp3) is 0.556. The van der Waals surface area contributed by atoms with Crippen molar-refractivity contribution in [3.8, 4) is 0 Å². The van der Waals surface area contributed by atoms with E-state index in [4.69, 9.17) is 9.26 Å². The van der Waals surface area contributed by atoms with Crippen LogP contribution in [-0.4, -0.2) is 32.9 Å². The molecule has 142 valence electrons. The number of aryl methyl sites for hydroxylation is 2. The Bertz CT molecular complexity index is 791. The van der Waals surface area contributed by atoms with Crippen LogP contribution < -0.4 is 5.32 Å². The second-order valence-electron chi connectivity index (χ2n) is 6.85. The van der Waals surface area contributed by atoms with Crippen molar-refractivity contribution in [3.05, 3.63) is 28.8 Å². The predicted molar refractivity (Wildman–Crippen MR) is 95.7 cm³/mol. The molecule has 8 heteroatoms. The van der Waals surface area contributed by atoms with Gasteiger partial charge in [-0.1, -0.05) is 19.0 Å². The summed E-state index contributed by atoms with van der Waals surface area (Å²) >= 11 is 0. The molecule has 26 heavy (non-hydrogen) atoms. The third-order valence-corrected chi connectivity index (χ3v) is 3.95. The number of esters is 1. The van der Waals surface area contributed by atoms with Crippen molar-refractivity contribution in [2.45, 2.75) is 60.6 Å². The minimum atomic E-state index is -0.939. The molecule has 0 spiro atoms. The predicted octanol–water partition coefficient (Wildman–Crippen LogP) is 2.57. The quantitative estimate of drug-likeness (QED) is 0.760. The van der Waals surface area contributed by atoms with Gasteiger partial charge in [0.05, 0.1) is 12.1 Å². The SMILES string of the molecule is Cc1cc(NC(=O)[C@@H](C)OC(=O)Cc2c(C)nn(CC(C)C)c2C)no1. The maximum Gasteiger partial charge on any atom is 0.311 e. The minimum absolute atomic E-state index is 0.0798. The highest BCUT2D eigenvalue weighted by atomic mass is 16.5. The van der Waals surface area contributed by atoms with Gasteiger partial charge in [0.2, 0.25) is 0 Å². The normalized spacial score (nSPS) is 12.3. The van der Waals surface area contributed by atoms with Crippen LogP contribution in [0.1, 0.15) is 43.5 Å². The van der Waals surface area contributed by atoms with Crippen LogP contribution in [0.15, 0.2) is 10.6 Å². The number of nitrogens with zero attached hydrogens (tertiary/aromatic N) is 3. The number of nitrogens with one attached hydrogen (secondary N) is 1. The van der Waals surface area contributed by atoms with Crippen molar-refractivity contribution in [2.75, 3.05) is 5.32 Å². The second-order valence-corrected chi connectivity index (χ2v) is 6.85. The molecule has 0 aliphatic heterocycles. The molecule has 1 amide bonds. The highest BCUT2D eigenvalue weighted by Crippen LogP contribution is 2.16. The summed E-state index contributed by atoms with van der Waals surface area (Å²) in [6.07, 6.45) is -0.859. The Morgan fingerprint density at radius 3 is 2.54 bits per heavy atom. The molecule has 2 aromatic heterocycles. The molecule has 0 bridgehead atoms. The number of rotatable bonds is 7. The van der Waals surface area contributed by atoms with Gasteiger partial charge in [-0.05, 0) is 33.6 Å². The zero-order valence-corrected chi connectivity index (χ0v) is 16.1. The van der Waals surface area contributed by atoms with Crippen LogP contribution in [0.3, 0.4) is 0 Å². The summed E-state index contributed by atoms with van der Waals surface area (Å²) in [5.74, 6) is 0.387. The summed E-state index contributed by atoms with van der Waals surface area (Å²) in [6, 6.07) is 1.59. The van der Waals surface area contributed by atoms with E-state index in [-0.39, 0.29) is 12.2 Å². The average molecular weight is 362 g/mol. The highest BCUT2D eigenvalue weighted by molar-refractivity contribution is 5.94. The van der Waals surface area contributed by atoms with Gasteiger partial charge in [-0.25, -0.2) is 0 Å². The van der Waals surface area contributed by atoms with E-state index in [1.165, 1.54) is 6.92 Å². The number of aromatic nitrogens is 3. The monoisotopic (exact) mass is 362 g/mol. The fourth-order valence-electron chi connectivity index (χ4n) is 2.60. The van der Waals surface area contributed by atoms with E-state index < -0.39 is 18.0 Å². The molecule has 2 aromatic rings. The molecule has 2 heterocycles. The van der Waals surface area contributed by atoms with Crippen molar-refractivity contribution in [1.29, 1.82) is 0 Å². The standard InChI is InChI=1S/C18H26N4O4/c1-10(2)9-22-13(5)15(12(4)20-22)8-17(23)25-14(6)18(24)19-16-7-11(3)26-21-16/h7,10,14H,8-9H2,1-6H3,(H,19,21,24)/t14-/m1/s1. The lowest BCUT2D eigenvalue weighted by molar-refractivity contribution is -0.152. The Morgan fingerprint density at radius 1 is 1.27 bits per heavy atom. The maximum atomic E-state index is 12.2. The number of carbonyl (C=O) groups excluding carboxylic acids is 2. The molecule has 0 aliphatic carbocycles. The van der Waals surface area contributed by atoms with Gasteiger partial charge in [0.25, 0.3) is 5.91 Å². The van der Waals surface area contributed by atoms with Crippen molar-refractivity contribution in [1.82, 2.24) is 14.9 Å². The number of carbonyl (C=O) groups is 2. The maximum absolute atomic E-state index is 12.2. The van der Waals surface area contributed by atoms with Gasteiger partial charge in [0.15, 0.2) is 11.9 Å². The molecule has 1 atom stereocenters. The Labute approximate surface area is 152 Å². The summed E-state index contributed by atoms with van der Waals surface area (Å²) in [7, 11) is 0. The van der Waals surface area contributed by atoms with Crippen LogP contribution in [0.2, 0.25) is 0 Å². The van der Waals surface area contributed by atoms with Crippen LogP contribution in [0.5, 0.6) is 0 Å². The Morgan fingerprint density at radius 2 is 1.96 bits per heavy atom. The molecule has 8 nitrogen and oxygen atoms in total. The van der Waals surface area contributed by atoms with Crippen molar-refractivity contribution in [2.24, 2.45) is 5.92 Å². The Balaban J connectivity index is 1.95. The number of anilines is 1. The first-order valence-corrected chi connectivity index (χ1v) is 8.64. The first-order valence-electron chi connectivity index (χ1n) is 8.64. The van der Waals surface area contributed by atoms with Crippen LogP contribution in [-0.2, 0) is 27.3 Å². The zero-order chi connectivity index (χ0) is 19.4. The van der Waals surface area contributed by atoms with Gasteiger partial charge in [-0.3, -0.25) is 14.3 Å². The van der Waals surface area contributed by atoms with Crippen molar-refractivity contribution >= 4 is 17.7 Å². The lowest BCUT2D eigenvalue weighted by Crippen LogP contribution is -2.30. The van der Waals surface area contributed by atoms with E-state index >= 15 is 0 Å². The highest BCUT2D eigenvalue weighted by Gasteiger charge is 2.22. The van der Waals surface area contributed by atoms with Gasteiger partial charge in [0.1, 0.15) is 5.76 Å². The molecule has 0 radical (unpaired) electrons. The molecule has 0 aromatic carbocycles. The van der Waals surface area contributed by atoms with Crippen LogP contribution in [0.25, 0.3) is 0 Å². The van der Waals surface area contributed by atoms with E-state index in [1.54, 1.807) is 13.0 Å². The van der Waals surface area contributed by atoms with E-state index in [0.717, 1.165) is 23.5 Å². The molecule has 2 rings (SSSR count). The van der Waals surface area contributed by atoms with E-state index in [2.05, 4.69) is 29.4 Å². The molecule has 0 unspecified atom stereocenters. The summed E-state index contributed by atoms with van der Waals surface area (Å²) in [6.45, 7) is 12.1. The summed E-state index contributed by atoms with van der Waals surface area (Å²) < 4.78 is 12.0. The van der Waals surface area contributed by atoms with Gasteiger partial charge in [0, 0.05) is 23.9 Å². The van der Waals surface area contributed by atoms with Crippen molar-refractivity contribution in [3.63, 3.8) is 0 Å². The van der Waals surface area contributed by atoms with Crippen LogP contribution in [0.4, 0.5) is 5.82 Å². The first-order chi connectivity index (χ1) is 12.2.